The molecule has 0 aromatic heterocycles. The van der Waals surface area contributed by atoms with Crippen molar-refractivity contribution in [3.05, 3.63) is 23.3 Å². The summed E-state index contributed by atoms with van der Waals surface area (Å²) in [5.74, 6) is 1.82. The molecule has 1 fully saturated rings. The predicted octanol–water partition coefficient (Wildman–Crippen LogP) is 2.78. The molecule has 2 aliphatic rings. The van der Waals surface area contributed by atoms with Crippen LogP contribution in [-0.4, -0.2) is 31.8 Å². The molecule has 2 unspecified atom stereocenters. The smallest absolute Gasteiger partial charge is 0.223 e. The summed E-state index contributed by atoms with van der Waals surface area (Å²) >= 11 is 0. The zero-order chi connectivity index (χ0) is 18.0. The first-order chi connectivity index (χ1) is 12.0. The maximum absolute atomic E-state index is 12.5. The van der Waals surface area contributed by atoms with E-state index in [0.717, 1.165) is 30.4 Å². The first kappa shape index (κ1) is 18.1. The van der Waals surface area contributed by atoms with Crippen LogP contribution < -0.4 is 14.8 Å². The number of nitrogens with one attached hydrogen (secondary N) is 1. The average molecular weight is 347 g/mol. The van der Waals surface area contributed by atoms with Crippen LogP contribution in [0.2, 0.25) is 0 Å². The van der Waals surface area contributed by atoms with Gasteiger partial charge in [-0.2, -0.15) is 0 Å². The summed E-state index contributed by atoms with van der Waals surface area (Å²) in [6.45, 7) is 2.25. The van der Waals surface area contributed by atoms with Crippen LogP contribution in [0.15, 0.2) is 12.1 Å². The highest BCUT2D eigenvalue weighted by molar-refractivity contribution is 5.78. The lowest BCUT2D eigenvalue weighted by Crippen LogP contribution is -2.42. The topological polar surface area (TPSA) is 67.8 Å². The lowest BCUT2D eigenvalue weighted by atomic mass is 9.91. The molecule has 0 saturated heterocycles. The number of fused-ring (bicyclic) bond motifs is 1. The highest BCUT2D eigenvalue weighted by Crippen LogP contribution is 2.42. The summed E-state index contributed by atoms with van der Waals surface area (Å²) in [5, 5.41) is 14.1. The fourth-order valence-electron chi connectivity index (χ4n) is 4.29. The summed E-state index contributed by atoms with van der Waals surface area (Å²) in [4.78, 5) is 12.5. The molecule has 0 aliphatic heterocycles. The second-order valence-electron chi connectivity index (χ2n) is 7.45. The highest BCUT2D eigenvalue weighted by atomic mass is 16.5. The number of carbonyl (C=O) groups is 1. The van der Waals surface area contributed by atoms with Crippen molar-refractivity contribution in [2.75, 3.05) is 20.8 Å². The SMILES string of the molecule is COc1cc2c(cc1OC)C(O)(CNC(=O)C(C)C1CCCC1)CC2. The molecular weight excluding hydrogens is 318 g/mol. The van der Waals surface area contributed by atoms with E-state index in [4.69, 9.17) is 9.47 Å². The number of ether oxygens (including phenoxy) is 2. The molecular formula is C20H29NO4. The standard InChI is InChI=1S/C20H29NO4/c1-13(14-6-4-5-7-14)19(22)21-12-20(23)9-8-15-10-17(24-2)18(25-3)11-16(15)20/h10-11,13-14,23H,4-9,12H2,1-3H3,(H,21,22). The molecule has 5 heteroatoms. The van der Waals surface area contributed by atoms with Gasteiger partial charge in [-0.3, -0.25) is 4.79 Å². The van der Waals surface area contributed by atoms with Crippen molar-refractivity contribution in [1.29, 1.82) is 0 Å². The number of aryl methyl sites for hydroxylation is 1. The van der Waals surface area contributed by atoms with Crippen molar-refractivity contribution < 1.29 is 19.4 Å². The van der Waals surface area contributed by atoms with Crippen LogP contribution >= 0.6 is 0 Å². The molecule has 0 radical (unpaired) electrons. The molecule has 138 valence electrons. The number of rotatable bonds is 6. The number of hydrogen-bond donors (Lipinski definition) is 2. The Balaban J connectivity index is 1.70. The highest BCUT2D eigenvalue weighted by Gasteiger charge is 2.39. The Labute approximate surface area is 149 Å². The fourth-order valence-corrected chi connectivity index (χ4v) is 4.29. The van der Waals surface area contributed by atoms with E-state index in [9.17, 15) is 9.90 Å². The van der Waals surface area contributed by atoms with E-state index in [2.05, 4.69) is 5.32 Å². The molecule has 1 aromatic carbocycles. The zero-order valence-electron chi connectivity index (χ0n) is 15.4. The molecule has 2 aliphatic carbocycles. The van der Waals surface area contributed by atoms with E-state index in [0.29, 0.717) is 23.8 Å². The van der Waals surface area contributed by atoms with Crippen LogP contribution in [0.4, 0.5) is 0 Å². The molecule has 2 atom stereocenters. The first-order valence-electron chi connectivity index (χ1n) is 9.24. The van der Waals surface area contributed by atoms with E-state index in [1.54, 1.807) is 14.2 Å². The van der Waals surface area contributed by atoms with Crippen molar-refractivity contribution >= 4 is 5.91 Å². The van der Waals surface area contributed by atoms with Crippen molar-refractivity contribution in [1.82, 2.24) is 5.32 Å². The summed E-state index contributed by atoms with van der Waals surface area (Å²) in [7, 11) is 3.19. The predicted molar refractivity (Wildman–Crippen MR) is 95.9 cm³/mol. The van der Waals surface area contributed by atoms with Crippen LogP contribution in [-0.2, 0) is 16.8 Å². The van der Waals surface area contributed by atoms with Crippen molar-refractivity contribution in [2.24, 2.45) is 11.8 Å². The van der Waals surface area contributed by atoms with Crippen LogP contribution in [0.1, 0.15) is 50.2 Å². The zero-order valence-corrected chi connectivity index (χ0v) is 15.4. The third kappa shape index (κ3) is 3.47. The Kier molecular flexibility index (Phi) is 5.23. The van der Waals surface area contributed by atoms with Crippen molar-refractivity contribution in [3.8, 4) is 11.5 Å². The Bertz CT molecular complexity index is 639. The molecule has 1 aromatic rings. The van der Waals surface area contributed by atoms with Crippen LogP contribution in [0.5, 0.6) is 11.5 Å². The monoisotopic (exact) mass is 347 g/mol. The van der Waals surface area contributed by atoms with Gasteiger partial charge < -0.3 is 19.9 Å². The Morgan fingerprint density at radius 2 is 1.92 bits per heavy atom. The van der Waals surface area contributed by atoms with E-state index in [-0.39, 0.29) is 18.4 Å². The molecule has 0 heterocycles. The van der Waals surface area contributed by atoms with Crippen LogP contribution in [0.3, 0.4) is 0 Å². The van der Waals surface area contributed by atoms with Crippen LogP contribution in [0, 0.1) is 11.8 Å². The molecule has 5 nitrogen and oxygen atoms in total. The average Bonchev–Trinajstić information content (AvgIpc) is 3.27. The van der Waals surface area contributed by atoms with E-state index in [1.165, 1.54) is 12.8 Å². The summed E-state index contributed by atoms with van der Waals surface area (Å²) in [6.07, 6.45) is 6.08. The van der Waals surface area contributed by atoms with Gasteiger partial charge in [0, 0.05) is 5.92 Å². The van der Waals surface area contributed by atoms with Gasteiger partial charge in [-0.1, -0.05) is 19.8 Å². The number of carbonyl (C=O) groups excluding carboxylic acids is 1. The van der Waals surface area contributed by atoms with Gasteiger partial charge in [0.1, 0.15) is 5.60 Å². The summed E-state index contributed by atoms with van der Waals surface area (Å²) < 4.78 is 10.7. The van der Waals surface area contributed by atoms with Gasteiger partial charge in [0.25, 0.3) is 0 Å². The van der Waals surface area contributed by atoms with Gasteiger partial charge in [0.2, 0.25) is 5.91 Å². The normalized spacial score (nSPS) is 24.0. The molecule has 3 rings (SSSR count). The third-order valence-electron chi connectivity index (χ3n) is 5.99. The molecule has 2 N–H and O–H groups in total. The van der Waals surface area contributed by atoms with Crippen molar-refractivity contribution in [3.63, 3.8) is 0 Å². The Morgan fingerprint density at radius 3 is 2.56 bits per heavy atom. The van der Waals surface area contributed by atoms with Crippen LogP contribution in [0.25, 0.3) is 0 Å². The van der Waals surface area contributed by atoms with Gasteiger partial charge >= 0.3 is 0 Å². The summed E-state index contributed by atoms with van der Waals surface area (Å²) in [6, 6.07) is 3.77. The number of benzene rings is 1. The number of hydrogen-bond acceptors (Lipinski definition) is 4. The minimum absolute atomic E-state index is 0.0115. The van der Waals surface area contributed by atoms with Gasteiger partial charge in [0.05, 0.1) is 20.8 Å². The first-order valence-corrected chi connectivity index (χ1v) is 9.24. The Morgan fingerprint density at radius 1 is 1.28 bits per heavy atom. The second kappa shape index (κ2) is 7.24. The maximum atomic E-state index is 12.5. The minimum Gasteiger partial charge on any atom is -0.493 e. The lowest BCUT2D eigenvalue weighted by Gasteiger charge is -2.27. The molecule has 0 bridgehead atoms. The molecule has 1 amide bonds. The van der Waals surface area contributed by atoms with E-state index in [1.807, 2.05) is 19.1 Å². The Hall–Kier alpha value is -1.75. The van der Waals surface area contributed by atoms with Gasteiger partial charge in [-0.25, -0.2) is 0 Å². The van der Waals surface area contributed by atoms with Gasteiger partial charge in [-0.05, 0) is 54.9 Å². The van der Waals surface area contributed by atoms with Gasteiger partial charge in [0.15, 0.2) is 11.5 Å². The minimum atomic E-state index is -1.04. The fraction of sp³-hybridized carbons (Fsp3) is 0.650. The van der Waals surface area contributed by atoms with Crippen molar-refractivity contribution in [2.45, 2.75) is 51.0 Å². The van der Waals surface area contributed by atoms with Gasteiger partial charge in [-0.15, -0.1) is 0 Å². The van der Waals surface area contributed by atoms with E-state index >= 15 is 0 Å². The number of amides is 1. The lowest BCUT2D eigenvalue weighted by molar-refractivity contribution is -0.127. The van der Waals surface area contributed by atoms with E-state index < -0.39 is 5.60 Å². The number of aliphatic hydroxyl groups is 1. The molecule has 0 spiro atoms. The molecule has 25 heavy (non-hydrogen) atoms. The maximum Gasteiger partial charge on any atom is 0.223 e. The second-order valence-corrected chi connectivity index (χ2v) is 7.45. The largest absolute Gasteiger partial charge is 0.493 e. The third-order valence-corrected chi connectivity index (χ3v) is 5.99. The molecule has 1 saturated carbocycles. The number of methoxy groups -OCH3 is 2. The summed E-state index contributed by atoms with van der Waals surface area (Å²) in [5.41, 5.74) is 0.845. The quantitative estimate of drug-likeness (QED) is 0.830.